The minimum Gasteiger partial charge on any atom is -0.455 e. The van der Waals surface area contributed by atoms with E-state index in [1.165, 1.54) is 5.56 Å². The topological polar surface area (TPSA) is 38.3 Å². The summed E-state index contributed by atoms with van der Waals surface area (Å²) < 4.78 is 5.87. The molecule has 0 saturated carbocycles. The van der Waals surface area contributed by atoms with Crippen LogP contribution in [0.5, 0.6) is 11.5 Å². The number of carbonyl (C=O) groups is 1. The molecule has 0 atom stereocenters. The van der Waals surface area contributed by atoms with Crippen LogP contribution in [0.15, 0.2) is 84.9 Å². The maximum atomic E-state index is 12.2. The normalized spacial score (nSPS) is 10.3. The van der Waals surface area contributed by atoms with E-state index in [1.807, 2.05) is 72.8 Å². The van der Waals surface area contributed by atoms with Gasteiger partial charge >= 0.3 is 0 Å². The van der Waals surface area contributed by atoms with E-state index in [2.05, 4.69) is 17.4 Å². The Hall–Kier alpha value is -2.72. The maximum Gasteiger partial charge on any atom is 0.225 e. The number of nitrogens with one attached hydrogen (secondary N) is 1. The zero-order chi connectivity index (χ0) is 18.0. The Morgan fingerprint density at radius 2 is 1.50 bits per heavy atom. The molecule has 0 saturated heterocycles. The number of hydrogen-bond acceptors (Lipinski definition) is 3. The second kappa shape index (κ2) is 9.68. The number of para-hydroxylation sites is 3. The summed E-state index contributed by atoms with van der Waals surface area (Å²) in [6.07, 6.45) is 0.469. The van der Waals surface area contributed by atoms with Gasteiger partial charge in [0, 0.05) is 17.9 Å². The van der Waals surface area contributed by atoms with Crippen molar-refractivity contribution in [2.75, 3.05) is 11.1 Å². The first-order chi connectivity index (χ1) is 12.8. The molecule has 3 rings (SSSR count). The largest absolute Gasteiger partial charge is 0.455 e. The van der Waals surface area contributed by atoms with Crippen LogP contribution in [-0.4, -0.2) is 11.7 Å². The fourth-order valence-corrected chi connectivity index (χ4v) is 3.32. The first-order valence-corrected chi connectivity index (χ1v) is 9.70. The summed E-state index contributed by atoms with van der Waals surface area (Å²) in [5.41, 5.74) is 1.97. The Balaban J connectivity index is 1.49. The van der Waals surface area contributed by atoms with Gasteiger partial charge in [-0.2, -0.15) is 11.8 Å². The molecule has 0 aliphatic rings. The van der Waals surface area contributed by atoms with Gasteiger partial charge in [-0.05, 0) is 29.8 Å². The Morgan fingerprint density at radius 3 is 2.27 bits per heavy atom. The lowest BCUT2D eigenvalue weighted by atomic mass is 10.2. The highest BCUT2D eigenvalue weighted by atomic mass is 32.2. The summed E-state index contributed by atoms with van der Waals surface area (Å²) in [5.74, 6) is 3.08. The lowest BCUT2D eigenvalue weighted by Gasteiger charge is -2.12. The molecule has 0 aromatic heterocycles. The molecule has 1 amide bonds. The van der Waals surface area contributed by atoms with Crippen LogP contribution in [0.4, 0.5) is 5.69 Å². The second-order valence-corrected chi connectivity index (χ2v) is 6.85. The fraction of sp³-hybridized carbons (Fsp3) is 0.136. The molecule has 3 nitrogen and oxygen atoms in total. The van der Waals surface area contributed by atoms with E-state index in [-0.39, 0.29) is 5.91 Å². The van der Waals surface area contributed by atoms with E-state index < -0.39 is 0 Å². The summed E-state index contributed by atoms with van der Waals surface area (Å²) in [5, 5.41) is 2.95. The number of carbonyl (C=O) groups excluding carboxylic acids is 1. The average molecular weight is 363 g/mol. The molecule has 0 spiro atoms. The number of rotatable bonds is 8. The van der Waals surface area contributed by atoms with Crippen LogP contribution in [0.3, 0.4) is 0 Å². The predicted octanol–water partition coefficient (Wildman–Crippen LogP) is 5.74. The van der Waals surface area contributed by atoms with Gasteiger partial charge in [0.15, 0.2) is 5.75 Å². The summed E-state index contributed by atoms with van der Waals surface area (Å²) in [6, 6.07) is 27.3. The minimum absolute atomic E-state index is 0.00493. The molecule has 1 N–H and O–H groups in total. The van der Waals surface area contributed by atoms with Crippen LogP contribution in [0, 0.1) is 0 Å². The van der Waals surface area contributed by atoms with Gasteiger partial charge < -0.3 is 10.1 Å². The van der Waals surface area contributed by atoms with Crippen LogP contribution in [0.2, 0.25) is 0 Å². The molecule has 0 bridgehead atoms. The third kappa shape index (κ3) is 5.67. The van der Waals surface area contributed by atoms with Crippen molar-refractivity contribution in [1.82, 2.24) is 0 Å². The van der Waals surface area contributed by atoms with Crippen LogP contribution >= 0.6 is 11.8 Å². The summed E-state index contributed by atoms with van der Waals surface area (Å²) in [4.78, 5) is 12.2. The second-order valence-electron chi connectivity index (χ2n) is 5.75. The van der Waals surface area contributed by atoms with Crippen molar-refractivity contribution in [3.63, 3.8) is 0 Å². The van der Waals surface area contributed by atoms with Gasteiger partial charge in [0.05, 0.1) is 5.69 Å². The van der Waals surface area contributed by atoms with Crippen molar-refractivity contribution >= 4 is 23.4 Å². The SMILES string of the molecule is O=C(CCSCc1ccccc1)Nc1ccccc1Oc1ccccc1. The molecular formula is C22H21NO2S. The monoisotopic (exact) mass is 363 g/mol. The lowest BCUT2D eigenvalue weighted by molar-refractivity contribution is -0.115. The average Bonchev–Trinajstić information content (AvgIpc) is 2.68. The van der Waals surface area contributed by atoms with Gasteiger partial charge in [-0.15, -0.1) is 0 Å². The molecule has 0 fully saturated rings. The summed E-state index contributed by atoms with van der Waals surface area (Å²) >= 11 is 1.76. The molecule has 0 aliphatic carbocycles. The van der Waals surface area contributed by atoms with Crippen molar-refractivity contribution < 1.29 is 9.53 Å². The Bertz CT molecular complexity index is 822. The van der Waals surface area contributed by atoms with E-state index in [0.717, 1.165) is 17.3 Å². The summed E-state index contributed by atoms with van der Waals surface area (Å²) in [7, 11) is 0. The molecule has 4 heteroatoms. The number of thioether (sulfide) groups is 1. The maximum absolute atomic E-state index is 12.2. The van der Waals surface area contributed by atoms with Crippen molar-refractivity contribution in [2.45, 2.75) is 12.2 Å². The third-order valence-electron chi connectivity index (χ3n) is 3.72. The molecule has 3 aromatic carbocycles. The van der Waals surface area contributed by atoms with Gasteiger partial charge in [-0.1, -0.05) is 60.7 Å². The predicted molar refractivity (Wildman–Crippen MR) is 109 cm³/mol. The highest BCUT2D eigenvalue weighted by molar-refractivity contribution is 7.98. The highest BCUT2D eigenvalue weighted by Gasteiger charge is 2.08. The molecule has 0 radical (unpaired) electrons. The third-order valence-corrected chi connectivity index (χ3v) is 4.75. The Morgan fingerprint density at radius 1 is 0.846 bits per heavy atom. The van der Waals surface area contributed by atoms with Crippen LogP contribution in [0.1, 0.15) is 12.0 Å². The van der Waals surface area contributed by atoms with E-state index in [1.54, 1.807) is 11.8 Å². The lowest BCUT2D eigenvalue weighted by Crippen LogP contribution is -2.12. The standard InChI is InChI=1S/C22H21NO2S/c24-22(15-16-26-17-18-9-3-1-4-10-18)23-20-13-7-8-14-21(20)25-19-11-5-2-6-12-19/h1-14H,15-17H2,(H,23,24). The number of anilines is 1. The van der Waals surface area contributed by atoms with Crippen LogP contribution in [-0.2, 0) is 10.5 Å². The summed E-state index contributed by atoms with van der Waals surface area (Å²) in [6.45, 7) is 0. The van der Waals surface area contributed by atoms with E-state index >= 15 is 0 Å². The van der Waals surface area contributed by atoms with Crippen molar-refractivity contribution in [1.29, 1.82) is 0 Å². The number of benzene rings is 3. The zero-order valence-corrected chi connectivity index (χ0v) is 15.2. The van der Waals surface area contributed by atoms with Gasteiger partial charge in [-0.25, -0.2) is 0 Å². The molecule has 0 unspecified atom stereocenters. The van der Waals surface area contributed by atoms with Gasteiger partial charge in [0.25, 0.3) is 0 Å². The highest BCUT2D eigenvalue weighted by Crippen LogP contribution is 2.29. The van der Waals surface area contributed by atoms with E-state index in [4.69, 9.17) is 4.74 Å². The van der Waals surface area contributed by atoms with Crippen LogP contribution in [0.25, 0.3) is 0 Å². The number of hydrogen-bond donors (Lipinski definition) is 1. The minimum atomic E-state index is -0.00493. The van der Waals surface area contributed by atoms with Gasteiger partial charge in [-0.3, -0.25) is 4.79 Å². The van der Waals surface area contributed by atoms with Crippen molar-refractivity contribution in [3.05, 3.63) is 90.5 Å². The molecule has 3 aromatic rings. The molecular weight excluding hydrogens is 342 g/mol. The molecule has 132 valence electrons. The van der Waals surface area contributed by atoms with Crippen LogP contribution < -0.4 is 10.1 Å². The number of ether oxygens (including phenoxy) is 1. The van der Waals surface area contributed by atoms with Gasteiger partial charge in [0.2, 0.25) is 5.91 Å². The zero-order valence-electron chi connectivity index (χ0n) is 14.4. The fourth-order valence-electron chi connectivity index (χ4n) is 2.42. The quantitative estimate of drug-likeness (QED) is 0.519. The first kappa shape index (κ1) is 18.1. The first-order valence-electron chi connectivity index (χ1n) is 8.55. The smallest absolute Gasteiger partial charge is 0.225 e. The molecule has 0 heterocycles. The Labute approximate surface area is 158 Å². The van der Waals surface area contributed by atoms with Gasteiger partial charge in [0.1, 0.15) is 5.75 Å². The van der Waals surface area contributed by atoms with Crippen molar-refractivity contribution in [3.8, 4) is 11.5 Å². The van der Waals surface area contributed by atoms with E-state index in [0.29, 0.717) is 17.9 Å². The van der Waals surface area contributed by atoms with E-state index in [9.17, 15) is 4.79 Å². The molecule has 26 heavy (non-hydrogen) atoms. The number of amides is 1. The molecule has 0 aliphatic heterocycles. The Kier molecular flexibility index (Phi) is 6.73. The van der Waals surface area contributed by atoms with Crippen molar-refractivity contribution in [2.24, 2.45) is 0 Å².